The van der Waals surface area contributed by atoms with Gasteiger partial charge in [0.25, 0.3) is 0 Å². The van der Waals surface area contributed by atoms with Gasteiger partial charge in [0.05, 0.1) is 0 Å². The molecule has 2 heteroatoms. The Bertz CT molecular complexity index is 159. The lowest BCUT2D eigenvalue weighted by atomic mass is 9.81. The molecule has 0 bridgehead atoms. The summed E-state index contributed by atoms with van der Waals surface area (Å²) in [6.45, 7) is 4.79. The van der Waals surface area contributed by atoms with Gasteiger partial charge < -0.3 is 5.32 Å². The van der Waals surface area contributed by atoms with Crippen LogP contribution in [0, 0.1) is 11.8 Å². The van der Waals surface area contributed by atoms with Gasteiger partial charge in [-0.2, -0.15) is 0 Å². The van der Waals surface area contributed by atoms with E-state index in [1.165, 1.54) is 32.1 Å². The average Bonchev–Trinajstić information content (AvgIpc) is 2.08. The molecule has 0 spiro atoms. The van der Waals surface area contributed by atoms with E-state index in [-0.39, 0.29) is 5.91 Å². The quantitative estimate of drug-likeness (QED) is 0.715. The molecule has 0 heterocycles. The highest BCUT2D eigenvalue weighted by Gasteiger charge is 2.17. The number of hydrogen-bond acceptors (Lipinski definition) is 1. The van der Waals surface area contributed by atoms with Gasteiger partial charge in [-0.25, -0.2) is 0 Å². The minimum absolute atomic E-state index is 0.101. The normalized spacial score (nSPS) is 28.5. The van der Waals surface area contributed by atoms with E-state index in [0.717, 1.165) is 18.4 Å². The molecule has 0 aromatic rings. The Morgan fingerprint density at radius 1 is 1.31 bits per heavy atom. The monoisotopic (exact) mass is 183 g/mol. The highest BCUT2D eigenvalue weighted by Crippen LogP contribution is 2.29. The molecule has 0 unspecified atom stereocenters. The molecule has 2 nitrogen and oxygen atoms in total. The number of amides is 1. The lowest BCUT2D eigenvalue weighted by Gasteiger charge is -2.25. The molecular formula is C11H21NO. The zero-order valence-corrected chi connectivity index (χ0v) is 8.81. The first-order valence-electron chi connectivity index (χ1n) is 5.43. The van der Waals surface area contributed by atoms with Crippen molar-refractivity contribution in [3.8, 4) is 0 Å². The van der Waals surface area contributed by atoms with Crippen LogP contribution in [0.25, 0.3) is 0 Å². The van der Waals surface area contributed by atoms with Crippen molar-refractivity contribution in [1.82, 2.24) is 5.32 Å². The van der Waals surface area contributed by atoms with Gasteiger partial charge in [-0.3, -0.25) is 4.79 Å². The largest absolute Gasteiger partial charge is 0.356 e. The van der Waals surface area contributed by atoms with E-state index in [1.807, 2.05) is 0 Å². The van der Waals surface area contributed by atoms with Crippen LogP contribution in [0.2, 0.25) is 0 Å². The van der Waals surface area contributed by atoms with Crippen LogP contribution in [-0.2, 0) is 4.79 Å². The highest BCUT2D eigenvalue weighted by atomic mass is 16.1. The van der Waals surface area contributed by atoms with Gasteiger partial charge in [0.1, 0.15) is 0 Å². The molecule has 1 amide bonds. The van der Waals surface area contributed by atoms with E-state index >= 15 is 0 Å². The van der Waals surface area contributed by atoms with Gasteiger partial charge >= 0.3 is 0 Å². The first-order chi connectivity index (χ1) is 6.18. The van der Waals surface area contributed by atoms with E-state index in [2.05, 4.69) is 12.2 Å². The van der Waals surface area contributed by atoms with Gasteiger partial charge in [0, 0.05) is 13.5 Å². The van der Waals surface area contributed by atoms with Crippen molar-refractivity contribution >= 4 is 5.91 Å². The predicted molar refractivity (Wildman–Crippen MR) is 54.4 cm³/mol. The Labute approximate surface area is 81.1 Å². The summed E-state index contributed by atoms with van der Waals surface area (Å²) >= 11 is 0. The molecule has 1 rings (SSSR count). The number of carbonyl (C=O) groups excluding carboxylic acids is 1. The summed E-state index contributed by atoms with van der Waals surface area (Å²) in [7, 11) is 0. The second-order valence-electron chi connectivity index (χ2n) is 4.40. The van der Waals surface area contributed by atoms with Crippen LogP contribution in [0.4, 0.5) is 0 Å². The highest BCUT2D eigenvalue weighted by molar-refractivity contribution is 5.72. The maximum atomic E-state index is 10.6. The van der Waals surface area contributed by atoms with Crippen molar-refractivity contribution in [2.75, 3.05) is 6.54 Å². The van der Waals surface area contributed by atoms with Crippen LogP contribution in [0.3, 0.4) is 0 Å². The van der Waals surface area contributed by atoms with Crippen molar-refractivity contribution in [2.45, 2.75) is 46.0 Å². The standard InChI is InChI=1S/C11H21NO/c1-9-3-5-11(6-4-9)7-8-12-10(2)13/h9,11H,3-8H2,1-2H3,(H,12,13). The second kappa shape index (κ2) is 5.25. The van der Waals surface area contributed by atoms with Gasteiger partial charge in [0.2, 0.25) is 5.91 Å². The summed E-state index contributed by atoms with van der Waals surface area (Å²) in [4.78, 5) is 10.6. The summed E-state index contributed by atoms with van der Waals surface area (Å²) in [5.74, 6) is 1.89. The van der Waals surface area contributed by atoms with Gasteiger partial charge in [-0.1, -0.05) is 32.6 Å². The van der Waals surface area contributed by atoms with E-state index in [9.17, 15) is 4.79 Å². The van der Waals surface area contributed by atoms with E-state index in [4.69, 9.17) is 0 Å². The molecule has 1 fully saturated rings. The second-order valence-corrected chi connectivity index (χ2v) is 4.40. The van der Waals surface area contributed by atoms with Crippen molar-refractivity contribution in [1.29, 1.82) is 0 Å². The summed E-state index contributed by atoms with van der Waals surface area (Å²) in [6.07, 6.45) is 6.66. The lowest BCUT2D eigenvalue weighted by molar-refractivity contribution is -0.119. The predicted octanol–water partition coefficient (Wildman–Crippen LogP) is 2.34. The minimum atomic E-state index is 0.101. The van der Waals surface area contributed by atoms with Crippen LogP contribution < -0.4 is 5.32 Å². The zero-order valence-electron chi connectivity index (χ0n) is 8.81. The van der Waals surface area contributed by atoms with Crippen molar-refractivity contribution in [2.24, 2.45) is 11.8 Å². The molecule has 76 valence electrons. The summed E-state index contributed by atoms with van der Waals surface area (Å²) in [5.41, 5.74) is 0. The van der Waals surface area contributed by atoms with E-state index < -0.39 is 0 Å². The van der Waals surface area contributed by atoms with Crippen LogP contribution in [-0.4, -0.2) is 12.5 Å². The molecule has 1 N–H and O–H groups in total. The molecular weight excluding hydrogens is 162 g/mol. The number of nitrogens with one attached hydrogen (secondary N) is 1. The first kappa shape index (κ1) is 10.6. The van der Waals surface area contributed by atoms with Crippen LogP contribution >= 0.6 is 0 Å². The summed E-state index contributed by atoms with van der Waals surface area (Å²) in [5, 5.41) is 2.87. The zero-order chi connectivity index (χ0) is 9.68. The fraction of sp³-hybridized carbons (Fsp3) is 0.909. The molecule has 0 radical (unpaired) electrons. The molecule has 1 aliphatic rings. The van der Waals surface area contributed by atoms with E-state index in [0.29, 0.717) is 0 Å². The maximum Gasteiger partial charge on any atom is 0.216 e. The Hall–Kier alpha value is -0.530. The number of carbonyl (C=O) groups is 1. The third-order valence-corrected chi connectivity index (χ3v) is 3.06. The molecule has 0 atom stereocenters. The number of rotatable bonds is 3. The Balaban J connectivity index is 2.05. The van der Waals surface area contributed by atoms with Gasteiger partial charge in [-0.05, 0) is 18.3 Å². The maximum absolute atomic E-state index is 10.6. The lowest BCUT2D eigenvalue weighted by Crippen LogP contribution is -2.24. The van der Waals surface area contributed by atoms with E-state index in [1.54, 1.807) is 6.92 Å². The summed E-state index contributed by atoms with van der Waals surface area (Å²) < 4.78 is 0. The summed E-state index contributed by atoms with van der Waals surface area (Å²) in [6, 6.07) is 0. The van der Waals surface area contributed by atoms with Crippen molar-refractivity contribution < 1.29 is 4.79 Å². The third kappa shape index (κ3) is 4.30. The molecule has 1 aliphatic carbocycles. The Morgan fingerprint density at radius 2 is 1.92 bits per heavy atom. The molecule has 0 aromatic carbocycles. The van der Waals surface area contributed by atoms with Crippen LogP contribution in [0.5, 0.6) is 0 Å². The minimum Gasteiger partial charge on any atom is -0.356 e. The SMILES string of the molecule is CC(=O)NCCC1CCC(C)CC1. The van der Waals surface area contributed by atoms with Crippen molar-refractivity contribution in [3.63, 3.8) is 0 Å². The fourth-order valence-electron chi connectivity index (χ4n) is 2.07. The van der Waals surface area contributed by atoms with Crippen molar-refractivity contribution in [3.05, 3.63) is 0 Å². The Kier molecular flexibility index (Phi) is 4.26. The molecule has 0 aromatic heterocycles. The average molecular weight is 183 g/mol. The molecule has 0 aliphatic heterocycles. The van der Waals surface area contributed by atoms with Crippen LogP contribution in [0.15, 0.2) is 0 Å². The third-order valence-electron chi connectivity index (χ3n) is 3.06. The first-order valence-corrected chi connectivity index (χ1v) is 5.43. The van der Waals surface area contributed by atoms with Gasteiger partial charge in [-0.15, -0.1) is 0 Å². The fourth-order valence-corrected chi connectivity index (χ4v) is 2.07. The molecule has 0 saturated heterocycles. The topological polar surface area (TPSA) is 29.1 Å². The molecule has 1 saturated carbocycles. The molecule has 13 heavy (non-hydrogen) atoms. The Morgan fingerprint density at radius 3 is 2.46 bits per heavy atom. The number of hydrogen-bond donors (Lipinski definition) is 1. The van der Waals surface area contributed by atoms with Gasteiger partial charge in [0.15, 0.2) is 0 Å². The van der Waals surface area contributed by atoms with Crippen LogP contribution in [0.1, 0.15) is 46.0 Å². The smallest absolute Gasteiger partial charge is 0.216 e.